The smallest absolute Gasteiger partial charge is 0.255 e. The van der Waals surface area contributed by atoms with Crippen molar-refractivity contribution in [1.82, 2.24) is 29.7 Å². The summed E-state index contributed by atoms with van der Waals surface area (Å²) in [6.45, 7) is 10.3. The van der Waals surface area contributed by atoms with Gasteiger partial charge in [-0.15, -0.1) is 0 Å². The first-order valence-electron chi connectivity index (χ1n) is 13.5. The molecule has 0 aliphatic carbocycles. The van der Waals surface area contributed by atoms with Gasteiger partial charge in [0.25, 0.3) is 5.91 Å². The van der Waals surface area contributed by atoms with Crippen LogP contribution in [0.3, 0.4) is 0 Å². The number of nitrogen functional groups attached to an aromatic ring is 1. The van der Waals surface area contributed by atoms with Gasteiger partial charge in [-0.2, -0.15) is 0 Å². The molecule has 3 heterocycles. The quantitative estimate of drug-likeness (QED) is 0.219. The summed E-state index contributed by atoms with van der Waals surface area (Å²) in [6.07, 6.45) is 1.62. The van der Waals surface area contributed by atoms with Gasteiger partial charge >= 0.3 is 0 Å². The molecule has 3 aromatic heterocycles. The van der Waals surface area contributed by atoms with Crippen LogP contribution in [0.2, 0.25) is 0 Å². The van der Waals surface area contributed by atoms with Crippen molar-refractivity contribution in [3.05, 3.63) is 66.4 Å². The van der Waals surface area contributed by atoms with Crippen LogP contribution in [0.4, 0.5) is 11.5 Å². The van der Waals surface area contributed by atoms with Gasteiger partial charge in [0.15, 0.2) is 17.3 Å². The maximum absolute atomic E-state index is 12.9. The Bertz CT molecular complexity index is 1630. The summed E-state index contributed by atoms with van der Waals surface area (Å²) in [4.78, 5) is 24.1. The van der Waals surface area contributed by atoms with Gasteiger partial charge in [-0.25, -0.2) is 14.6 Å². The number of nitrogens with two attached hydrogens (primary N) is 1. The molecule has 0 radical (unpaired) electrons. The Morgan fingerprint density at radius 3 is 2.56 bits per heavy atom. The fourth-order valence-electron chi connectivity index (χ4n) is 4.41. The van der Waals surface area contributed by atoms with Crippen LogP contribution < -0.4 is 20.5 Å². The molecule has 3 N–H and O–H groups in total. The van der Waals surface area contributed by atoms with E-state index in [0.717, 1.165) is 30.9 Å². The molecule has 0 saturated carbocycles. The molecule has 0 fully saturated rings. The zero-order valence-corrected chi connectivity index (χ0v) is 23.2. The lowest BCUT2D eigenvalue weighted by molar-refractivity contribution is 0.102. The van der Waals surface area contributed by atoms with Crippen molar-refractivity contribution in [3.8, 4) is 28.9 Å². The number of pyridine rings is 1. The molecule has 212 valence electrons. The first-order valence-corrected chi connectivity index (χ1v) is 13.5. The molecule has 0 atom stereocenters. The summed E-state index contributed by atoms with van der Waals surface area (Å²) in [5.74, 6) is 2.06. The van der Waals surface area contributed by atoms with Crippen LogP contribution in [0.25, 0.3) is 22.6 Å². The highest BCUT2D eigenvalue weighted by molar-refractivity contribution is 6.04. The van der Waals surface area contributed by atoms with Crippen LogP contribution in [0, 0.1) is 0 Å². The maximum atomic E-state index is 12.9. The topological polar surface area (TPSA) is 146 Å². The molecule has 5 rings (SSSR count). The predicted molar refractivity (Wildman–Crippen MR) is 155 cm³/mol. The van der Waals surface area contributed by atoms with Gasteiger partial charge in [0.2, 0.25) is 5.88 Å². The molecule has 0 aliphatic rings. The Morgan fingerprint density at radius 2 is 1.85 bits per heavy atom. The van der Waals surface area contributed by atoms with Gasteiger partial charge in [0.1, 0.15) is 23.6 Å². The summed E-state index contributed by atoms with van der Waals surface area (Å²) in [5, 5.41) is 10.4. The van der Waals surface area contributed by atoms with E-state index in [1.807, 2.05) is 11.5 Å². The van der Waals surface area contributed by atoms with Gasteiger partial charge in [0.05, 0.1) is 11.7 Å². The zero-order valence-electron chi connectivity index (χ0n) is 23.2. The fraction of sp³-hybridized carbons (Fsp3) is 0.276. The molecule has 12 nitrogen and oxygen atoms in total. The average Bonchev–Trinajstić information content (AvgIpc) is 3.58. The molecule has 0 saturated heterocycles. The van der Waals surface area contributed by atoms with Crippen LogP contribution in [0.15, 0.2) is 65.4 Å². The van der Waals surface area contributed by atoms with Crippen LogP contribution in [0.1, 0.15) is 31.1 Å². The van der Waals surface area contributed by atoms with Crippen molar-refractivity contribution >= 4 is 28.4 Å². The van der Waals surface area contributed by atoms with Crippen molar-refractivity contribution < 1.29 is 18.9 Å². The highest BCUT2D eigenvalue weighted by Gasteiger charge is 2.19. The fourth-order valence-corrected chi connectivity index (χ4v) is 4.41. The lowest BCUT2D eigenvalue weighted by Crippen LogP contribution is -2.27. The largest absolute Gasteiger partial charge is 0.492 e. The number of fused-ring (bicyclic) bond motifs is 1. The van der Waals surface area contributed by atoms with Gasteiger partial charge in [-0.3, -0.25) is 4.79 Å². The molecule has 2 aromatic carbocycles. The number of benzene rings is 2. The zero-order chi connectivity index (χ0) is 28.8. The van der Waals surface area contributed by atoms with Gasteiger partial charge in [-0.1, -0.05) is 19.9 Å². The Balaban J connectivity index is 1.25. The highest BCUT2D eigenvalue weighted by Crippen LogP contribution is 2.30. The van der Waals surface area contributed by atoms with E-state index in [-0.39, 0.29) is 11.7 Å². The number of rotatable bonds is 12. The standard InChI is InChI=1S/C29H32N8O4/c1-4-36(5-2)14-15-39-21-12-10-19(11-13-21)29(38)32-20-8-7-9-22(16-20)40-25-17-24-23(18-31-25)33-28(37(24)6-3)26-27(30)35-41-34-26/h7-13,16-18H,4-6,14-15H2,1-3H3,(H2,30,35)(H,32,38). The number of carbonyl (C=O) groups excluding carboxylic acids is 1. The third kappa shape index (κ3) is 6.28. The molecular weight excluding hydrogens is 524 g/mol. The second-order valence-corrected chi connectivity index (χ2v) is 9.17. The second kappa shape index (κ2) is 12.5. The Morgan fingerprint density at radius 1 is 1.05 bits per heavy atom. The molecule has 0 bridgehead atoms. The molecule has 5 aromatic rings. The number of ether oxygens (including phenoxy) is 2. The first-order chi connectivity index (χ1) is 20.0. The Hall–Kier alpha value is -4.97. The second-order valence-electron chi connectivity index (χ2n) is 9.17. The lowest BCUT2D eigenvalue weighted by atomic mass is 10.2. The van der Waals surface area contributed by atoms with Crippen molar-refractivity contribution in [2.24, 2.45) is 0 Å². The van der Waals surface area contributed by atoms with E-state index < -0.39 is 0 Å². The number of carbonyl (C=O) groups is 1. The van der Waals surface area contributed by atoms with E-state index in [4.69, 9.17) is 19.8 Å². The van der Waals surface area contributed by atoms with Crippen LogP contribution in [-0.2, 0) is 6.54 Å². The maximum Gasteiger partial charge on any atom is 0.255 e. The normalized spacial score (nSPS) is 11.2. The van der Waals surface area contributed by atoms with E-state index >= 15 is 0 Å². The minimum Gasteiger partial charge on any atom is -0.492 e. The van der Waals surface area contributed by atoms with E-state index in [2.05, 4.69) is 44.3 Å². The number of aryl methyl sites for hydroxylation is 1. The monoisotopic (exact) mass is 556 g/mol. The summed E-state index contributed by atoms with van der Waals surface area (Å²) >= 11 is 0. The molecule has 41 heavy (non-hydrogen) atoms. The molecular formula is C29H32N8O4. The minimum absolute atomic E-state index is 0.161. The summed E-state index contributed by atoms with van der Waals surface area (Å²) in [7, 11) is 0. The number of amides is 1. The molecule has 0 spiro atoms. The number of hydrogen-bond acceptors (Lipinski definition) is 10. The number of imidazole rings is 1. The van der Waals surface area contributed by atoms with Crippen LogP contribution >= 0.6 is 0 Å². The average molecular weight is 557 g/mol. The number of nitrogens with zero attached hydrogens (tertiary/aromatic N) is 6. The summed E-state index contributed by atoms with van der Waals surface area (Å²) < 4.78 is 18.5. The van der Waals surface area contributed by atoms with Gasteiger partial charge < -0.3 is 30.0 Å². The van der Waals surface area contributed by atoms with Crippen molar-refractivity contribution in [2.45, 2.75) is 27.3 Å². The molecule has 0 unspecified atom stereocenters. The lowest BCUT2D eigenvalue weighted by Gasteiger charge is -2.18. The summed E-state index contributed by atoms with van der Waals surface area (Å²) in [6, 6.07) is 16.0. The first kappa shape index (κ1) is 27.6. The number of likely N-dealkylation sites (N-methyl/N-ethyl adjacent to an activating group) is 1. The Labute approximate surface area is 237 Å². The molecule has 1 amide bonds. The number of nitrogens with one attached hydrogen (secondary N) is 1. The van der Waals surface area contributed by atoms with Crippen molar-refractivity contribution in [1.29, 1.82) is 0 Å². The summed E-state index contributed by atoms with van der Waals surface area (Å²) in [5.41, 5.74) is 8.79. The highest BCUT2D eigenvalue weighted by atomic mass is 16.6. The van der Waals surface area contributed by atoms with Crippen LogP contribution in [-0.4, -0.2) is 61.9 Å². The molecule has 12 heteroatoms. The van der Waals surface area contributed by atoms with Gasteiger partial charge in [0, 0.05) is 36.5 Å². The minimum atomic E-state index is -0.239. The van der Waals surface area contributed by atoms with E-state index in [1.165, 1.54) is 0 Å². The number of hydrogen-bond donors (Lipinski definition) is 2. The Kier molecular flexibility index (Phi) is 8.39. The number of anilines is 2. The molecule has 0 aliphatic heterocycles. The van der Waals surface area contributed by atoms with E-state index in [9.17, 15) is 4.79 Å². The third-order valence-corrected chi connectivity index (χ3v) is 6.65. The predicted octanol–water partition coefficient (Wildman–Crippen LogP) is 4.85. The van der Waals surface area contributed by atoms with Crippen molar-refractivity contribution in [2.75, 3.05) is 37.3 Å². The van der Waals surface area contributed by atoms with Crippen LogP contribution in [0.5, 0.6) is 17.4 Å². The van der Waals surface area contributed by atoms with Gasteiger partial charge in [-0.05, 0) is 66.7 Å². The van der Waals surface area contributed by atoms with Crippen molar-refractivity contribution in [3.63, 3.8) is 0 Å². The SMILES string of the molecule is CCN(CC)CCOc1ccc(C(=O)Nc2cccc(Oc3cc4c(cn3)nc(-c3nonc3N)n4CC)c2)cc1. The number of aromatic nitrogens is 5. The third-order valence-electron chi connectivity index (χ3n) is 6.65. The van der Waals surface area contributed by atoms with E-state index in [1.54, 1.807) is 60.8 Å². The van der Waals surface area contributed by atoms with E-state index in [0.29, 0.717) is 53.1 Å².